The second-order valence-corrected chi connectivity index (χ2v) is 3.20. The van der Waals surface area contributed by atoms with Gasteiger partial charge in [0.2, 0.25) is 0 Å². The van der Waals surface area contributed by atoms with Gasteiger partial charge in [0.15, 0.2) is 5.82 Å². The van der Waals surface area contributed by atoms with Gasteiger partial charge in [-0.15, -0.1) is 0 Å². The number of aryl methyl sites for hydroxylation is 2. The molecule has 14 heavy (non-hydrogen) atoms. The van der Waals surface area contributed by atoms with Crippen molar-refractivity contribution in [2.75, 3.05) is 5.73 Å². The third kappa shape index (κ3) is 1.64. The normalized spacial score (nSPS) is 10.6. The third-order valence-electron chi connectivity index (χ3n) is 2.24. The molecule has 0 aliphatic heterocycles. The monoisotopic (exact) mass is 192 g/mol. The highest BCUT2D eigenvalue weighted by Gasteiger charge is 2.09. The molecule has 4 nitrogen and oxygen atoms in total. The van der Waals surface area contributed by atoms with Gasteiger partial charge in [0, 0.05) is 18.4 Å². The largest absolute Gasteiger partial charge is 0.469 e. The van der Waals surface area contributed by atoms with E-state index in [1.54, 1.807) is 6.26 Å². The number of furan rings is 1. The summed E-state index contributed by atoms with van der Waals surface area (Å²) in [7, 11) is 0. The molecule has 74 valence electrons. The molecule has 2 aromatic rings. The van der Waals surface area contributed by atoms with Gasteiger partial charge in [0.05, 0.1) is 6.26 Å². The number of aromatic nitrogens is 1. The molecular formula is C10H12N2O2. The number of hydrogen-bond acceptors (Lipinski definition) is 4. The molecule has 0 aliphatic rings. The predicted molar refractivity (Wildman–Crippen MR) is 51.8 cm³/mol. The second kappa shape index (κ2) is 3.57. The Balaban J connectivity index is 2.02. The first-order chi connectivity index (χ1) is 6.77. The lowest BCUT2D eigenvalue weighted by molar-refractivity contribution is 0.380. The van der Waals surface area contributed by atoms with E-state index in [2.05, 4.69) is 5.16 Å². The lowest BCUT2D eigenvalue weighted by atomic mass is 10.1. The Kier molecular flexibility index (Phi) is 2.26. The summed E-state index contributed by atoms with van der Waals surface area (Å²) in [6, 6.07) is 3.81. The van der Waals surface area contributed by atoms with Crippen LogP contribution in [-0.4, -0.2) is 5.16 Å². The Bertz CT molecular complexity index is 404. The van der Waals surface area contributed by atoms with Crippen molar-refractivity contribution in [1.29, 1.82) is 0 Å². The molecule has 0 fully saturated rings. The van der Waals surface area contributed by atoms with E-state index < -0.39 is 0 Å². The van der Waals surface area contributed by atoms with Gasteiger partial charge < -0.3 is 14.7 Å². The van der Waals surface area contributed by atoms with Gasteiger partial charge in [-0.25, -0.2) is 0 Å². The molecule has 0 bridgehead atoms. The van der Waals surface area contributed by atoms with Crippen molar-refractivity contribution in [3.05, 3.63) is 35.5 Å². The van der Waals surface area contributed by atoms with Crippen molar-refractivity contribution >= 4 is 5.82 Å². The number of nitrogens with two attached hydrogens (primary N) is 1. The minimum atomic E-state index is 0.472. The predicted octanol–water partition coefficient (Wildman–Crippen LogP) is 1.94. The van der Waals surface area contributed by atoms with Gasteiger partial charge in [0.1, 0.15) is 11.5 Å². The smallest absolute Gasteiger partial charge is 0.169 e. The summed E-state index contributed by atoms with van der Waals surface area (Å²) in [5.74, 6) is 2.25. The van der Waals surface area contributed by atoms with Gasteiger partial charge in [0.25, 0.3) is 0 Å². The van der Waals surface area contributed by atoms with Crippen LogP contribution in [0.25, 0.3) is 0 Å². The quantitative estimate of drug-likeness (QED) is 0.807. The highest BCUT2D eigenvalue weighted by Crippen LogP contribution is 2.16. The van der Waals surface area contributed by atoms with Crippen LogP contribution in [0.2, 0.25) is 0 Å². The third-order valence-corrected chi connectivity index (χ3v) is 2.24. The van der Waals surface area contributed by atoms with Crippen LogP contribution < -0.4 is 5.73 Å². The summed E-state index contributed by atoms with van der Waals surface area (Å²) < 4.78 is 10.3. The fourth-order valence-electron chi connectivity index (χ4n) is 1.31. The molecule has 2 rings (SSSR count). The van der Waals surface area contributed by atoms with E-state index >= 15 is 0 Å². The molecular weight excluding hydrogens is 180 g/mol. The minimum absolute atomic E-state index is 0.472. The van der Waals surface area contributed by atoms with E-state index in [-0.39, 0.29) is 0 Å². The zero-order chi connectivity index (χ0) is 9.97. The Morgan fingerprint density at radius 2 is 2.29 bits per heavy atom. The Labute approximate surface area is 81.7 Å². The first-order valence-corrected chi connectivity index (χ1v) is 4.50. The molecule has 4 heteroatoms. The fourth-order valence-corrected chi connectivity index (χ4v) is 1.31. The van der Waals surface area contributed by atoms with Crippen LogP contribution in [0, 0.1) is 6.92 Å². The Morgan fingerprint density at radius 1 is 1.43 bits per heavy atom. The van der Waals surface area contributed by atoms with Crippen molar-refractivity contribution in [3.8, 4) is 0 Å². The summed E-state index contributed by atoms with van der Waals surface area (Å²) in [4.78, 5) is 0. The number of rotatable bonds is 3. The zero-order valence-electron chi connectivity index (χ0n) is 7.99. The summed E-state index contributed by atoms with van der Waals surface area (Å²) >= 11 is 0. The average Bonchev–Trinajstić information content (AvgIpc) is 2.77. The van der Waals surface area contributed by atoms with Crippen molar-refractivity contribution in [1.82, 2.24) is 5.16 Å². The van der Waals surface area contributed by atoms with E-state index in [1.807, 2.05) is 19.1 Å². The Morgan fingerprint density at radius 3 is 2.86 bits per heavy atom. The SMILES string of the molecule is Cc1c(N)noc1CCc1ccco1. The molecule has 2 heterocycles. The van der Waals surface area contributed by atoms with E-state index in [0.29, 0.717) is 5.82 Å². The maximum atomic E-state index is 5.56. The second-order valence-electron chi connectivity index (χ2n) is 3.20. The van der Waals surface area contributed by atoms with Gasteiger partial charge in [-0.3, -0.25) is 0 Å². The molecule has 0 amide bonds. The molecule has 0 saturated carbocycles. The van der Waals surface area contributed by atoms with Crippen molar-refractivity contribution in [2.45, 2.75) is 19.8 Å². The van der Waals surface area contributed by atoms with Gasteiger partial charge >= 0.3 is 0 Å². The topological polar surface area (TPSA) is 65.2 Å². The van der Waals surface area contributed by atoms with Crippen LogP contribution in [0.3, 0.4) is 0 Å². The van der Waals surface area contributed by atoms with Gasteiger partial charge in [-0.05, 0) is 19.1 Å². The number of anilines is 1. The summed E-state index contributed by atoms with van der Waals surface area (Å²) in [5, 5.41) is 3.69. The Hall–Kier alpha value is -1.71. The van der Waals surface area contributed by atoms with E-state index in [0.717, 1.165) is 29.9 Å². The van der Waals surface area contributed by atoms with Crippen molar-refractivity contribution < 1.29 is 8.94 Å². The zero-order valence-corrected chi connectivity index (χ0v) is 7.99. The lowest BCUT2D eigenvalue weighted by Gasteiger charge is -1.94. The van der Waals surface area contributed by atoms with Crippen molar-refractivity contribution in [2.24, 2.45) is 0 Å². The maximum absolute atomic E-state index is 5.56. The molecule has 0 saturated heterocycles. The molecule has 0 aliphatic carbocycles. The lowest BCUT2D eigenvalue weighted by Crippen LogP contribution is -1.91. The summed E-state index contributed by atoms with van der Waals surface area (Å²) in [6.07, 6.45) is 3.24. The highest BCUT2D eigenvalue weighted by atomic mass is 16.5. The molecule has 0 aromatic carbocycles. The van der Waals surface area contributed by atoms with Crippen LogP contribution >= 0.6 is 0 Å². The molecule has 0 atom stereocenters. The van der Waals surface area contributed by atoms with Gasteiger partial charge in [-0.1, -0.05) is 5.16 Å². The average molecular weight is 192 g/mol. The van der Waals surface area contributed by atoms with Gasteiger partial charge in [-0.2, -0.15) is 0 Å². The maximum Gasteiger partial charge on any atom is 0.169 e. The first kappa shape index (κ1) is 8.87. The molecule has 0 spiro atoms. The molecule has 0 unspecified atom stereocenters. The van der Waals surface area contributed by atoms with Crippen LogP contribution in [0.4, 0.5) is 5.82 Å². The first-order valence-electron chi connectivity index (χ1n) is 4.50. The van der Waals surface area contributed by atoms with E-state index in [4.69, 9.17) is 14.7 Å². The van der Waals surface area contributed by atoms with E-state index in [9.17, 15) is 0 Å². The molecule has 0 radical (unpaired) electrons. The molecule has 2 N–H and O–H groups in total. The fraction of sp³-hybridized carbons (Fsp3) is 0.300. The number of nitrogen functional groups attached to an aromatic ring is 1. The summed E-state index contributed by atoms with van der Waals surface area (Å²) in [6.45, 7) is 1.91. The van der Waals surface area contributed by atoms with E-state index in [1.165, 1.54) is 0 Å². The van der Waals surface area contributed by atoms with Crippen LogP contribution in [0.15, 0.2) is 27.3 Å². The number of nitrogens with zero attached hydrogens (tertiary/aromatic N) is 1. The minimum Gasteiger partial charge on any atom is -0.469 e. The van der Waals surface area contributed by atoms with Crippen LogP contribution in [0.1, 0.15) is 17.1 Å². The summed E-state index contributed by atoms with van der Waals surface area (Å²) in [5.41, 5.74) is 6.49. The van der Waals surface area contributed by atoms with Crippen LogP contribution in [0.5, 0.6) is 0 Å². The highest BCUT2D eigenvalue weighted by molar-refractivity contribution is 5.38. The van der Waals surface area contributed by atoms with Crippen molar-refractivity contribution in [3.63, 3.8) is 0 Å². The number of hydrogen-bond donors (Lipinski definition) is 1. The standard InChI is InChI=1S/C10H12N2O2/c1-7-9(14-12-10(7)11)5-4-8-3-2-6-13-8/h2-3,6H,4-5H2,1H3,(H2,11,12). The van der Waals surface area contributed by atoms with Crippen LogP contribution in [-0.2, 0) is 12.8 Å². The molecule has 2 aromatic heterocycles.